The van der Waals surface area contributed by atoms with Gasteiger partial charge in [-0.25, -0.2) is 18.7 Å². The van der Waals surface area contributed by atoms with E-state index >= 15 is 4.39 Å². The van der Waals surface area contributed by atoms with Gasteiger partial charge in [0.1, 0.15) is 28.7 Å². The maximum absolute atomic E-state index is 15.1. The van der Waals surface area contributed by atoms with E-state index in [0.29, 0.717) is 35.6 Å². The lowest BCUT2D eigenvalue weighted by Gasteiger charge is -2.11. The molecule has 33 heavy (non-hydrogen) atoms. The van der Waals surface area contributed by atoms with E-state index in [-0.39, 0.29) is 29.0 Å². The Morgan fingerprint density at radius 3 is 2.91 bits per heavy atom. The molecule has 1 aromatic carbocycles. The first kappa shape index (κ1) is 21.3. The van der Waals surface area contributed by atoms with Crippen molar-refractivity contribution in [3.8, 4) is 11.8 Å². The van der Waals surface area contributed by atoms with Gasteiger partial charge in [-0.05, 0) is 25.3 Å². The molecule has 3 N–H and O–H groups in total. The van der Waals surface area contributed by atoms with Crippen LogP contribution in [-0.2, 0) is 11.8 Å². The summed E-state index contributed by atoms with van der Waals surface area (Å²) in [5, 5.41) is 8.64. The molecule has 0 saturated carbocycles. The van der Waals surface area contributed by atoms with Gasteiger partial charge in [0, 0.05) is 39.0 Å². The molecule has 0 bridgehead atoms. The second kappa shape index (κ2) is 8.10. The molecule has 170 valence electrons. The number of benzene rings is 1. The fourth-order valence-corrected chi connectivity index (χ4v) is 4.40. The Labute approximate surface area is 188 Å². The number of anilines is 1. The normalized spacial score (nSPS) is 18.2. The van der Waals surface area contributed by atoms with E-state index in [9.17, 15) is 4.39 Å². The van der Waals surface area contributed by atoms with E-state index in [4.69, 9.17) is 10.5 Å². The van der Waals surface area contributed by atoms with Gasteiger partial charge in [0.15, 0.2) is 5.82 Å². The molecule has 4 heterocycles. The molecule has 2 atom stereocenters. The van der Waals surface area contributed by atoms with Crippen LogP contribution in [0.5, 0.6) is 0 Å². The molecule has 10 heteroatoms. The predicted octanol–water partition coefficient (Wildman–Crippen LogP) is 2.44. The molecular formula is C23H23F2N7O. The molecule has 1 aliphatic heterocycles. The highest BCUT2D eigenvalue weighted by atomic mass is 19.1. The Kier molecular flexibility index (Phi) is 5.23. The molecule has 8 nitrogen and oxygen atoms in total. The van der Waals surface area contributed by atoms with Crippen molar-refractivity contribution in [1.82, 2.24) is 29.6 Å². The summed E-state index contributed by atoms with van der Waals surface area (Å²) < 4.78 is 38.6. The van der Waals surface area contributed by atoms with Crippen molar-refractivity contribution in [3.05, 3.63) is 47.0 Å². The quantitative estimate of drug-likeness (QED) is 0.465. The number of imidazole rings is 1. The van der Waals surface area contributed by atoms with Crippen molar-refractivity contribution < 1.29 is 13.5 Å². The van der Waals surface area contributed by atoms with Crippen LogP contribution in [-0.4, -0.2) is 50.6 Å². The third-order valence-corrected chi connectivity index (χ3v) is 6.16. The van der Waals surface area contributed by atoms with Gasteiger partial charge < -0.3 is 20.4 Å². The number of methoxy groups -OCH3 is 1. The Morgan fingerprint density at radius 1 is 1.30 bits per heavy atom. The Bertz CT molecular complexity index is 1450. The number of ether oxygens (including phenoxy) is 1. The lowest BCUT2D eigenvalue weighted by atomic mass is 10.1. The summed E-state index contributed by atoms with van der Waals surface area (Å²) in [7, 11) is 3.37. The van der Waals surface area contributed by atoms with Gasteiger partial charge >= 0.3 is 0 Å². The number of nitrogens with one attached hydrogen (secondary N) is 1. The van der Waals surface area contributed by atoms with Crippen LogP contribution < -0.4 is 11.1 Å². The van der Waals surface area contributed by atoms with Crippen molar-refractivity contribution in [1.29, 1.82) is 0 Å². The number of rotatable bonds is 3. The molecule has 4 aromatic rings. The largest absolute Gasteiger partial charge is 0.383 e. The van der Waals surface area contributed by atoms with E-state index in [1.54, 1.807) is 31.8 Å². The summed E-state index contributed by atoms with van der Waals surface area (Å²) in [5.74, 6) is 4.75. The van der Waals surface area contributed by atoms with Crippen LogP contribution in [0.4, 0.5) is 14.6 Å². The van der Waals surface area contributed by atoms with Crippen LogP contribution in [0.2, 0.25) is 0 Å². The summed E-state index contributed by atoms with van der Waals surface area (Å²) >= 11 is 0. The van der Waals surface area contributed by atoms with Gasteiger partial charge in [-0.2, -0.15) is 5.10 Å². The van der Waals surface area contributed by atoms with E-state index < -0.39 is 11.6 Å². The molecule has 1 aliphatic rings. The smallest absolute Gasteiger partial charge is 0.169 e. The molecule has 1 saturated heterocycles. The number of nitrogen functional groups attached to an aromatic ring is 1. The number of pyridine rings is 1. The van der Waals surface area contributed by atoms with E-state index in [1.165, 1.54) is 6.07 Å². The average Bonchev–Trinajstić information content (AvgIpc) is 3.47. The molecule has 0 amide bonds. The minimum atomic E-state index is -0.793. The minimum absolute atomic E-state index is 0.0614. The fraction of sp³-hybridized carbons (Fsp3) is 0.348. The van der Waals surface area contributed by atoms with E-state index in [1.807, 2.05) is 10.7 Å². The lowest BCUT2D eigenvalue weighted by molar-refractivity contribution is 0.172. The lowest BCUT2D eigenvalue weighted by Crippen LogP contribution is -2.25. The number of hydrogen-bond acceptors (Lipinski definition) is 6. The highest BCUT2D eigenvalue weighted by molar-refractivity contribution is 5.93. The maximum atomic E-state index is 15.1. The number of aryl methyl sites for hydroxylation is 2. The van der Waals surface area contributed by atoms with Crippen LogP contribution in [0.25, 0.3) is 21.9 Å². The molecule has 0 spiro atoms. The first-order chi connectivity index (χ1) is 15.9. The Hall–Kier alpha value is -3.55. The summed E-state index contributed by atoms with van der Waals surface area (Å²) in [5.41, 5.74) is 7.33. The highest BCUT2D eigenvalue weighted by Gasteiger charge is 2.28. The number of hydrogen-bond donors (Lipinski definition) is 2. The van der Waals surface area contributed by atoms with Crippen LogP contribution >= 0.6 is 0 Å². The molecule has 0 aliphatic carbocycles. The number of aromatic nitrogens is 5. The van der Waals surface area contributed by atoms with Crippen molar-refractivity contribution in [2.45, 2.75) is 25.4 Å². The SMILES string of the molecule is COC[C@H]1C[C@H](n2nc(C#Cc3c(F)cc4c(nc(C)n4C)c3F)c3c(N)nccc32)CN1. The van der Waals surface area contributed by atoms with Crippen LogP contribution in [0.15, 0.2) is 18.3 Å². The molecular weight excluding hydrogens is 428 g/mol. The zero-order valence-corrected chi connectivity index (χ0v) is 18.5. The minimum Gasteiger partial charge on any atom is -0.383 e. The Morgan fingerprint density at radius 2 is 2.12 bits per heavy atom. The maximum Gasteiger partial charge on any atom is 0.169 e. The summed E-state index contributed by atoms with van der Waals surface area (Å²) in [6, 6.07) is 3.34. The zero-order chi connectivity index (χ0) is 23.3. The molecule has 1 fully saturated rings. The highest BCUT2D eigenvalue weighted by Crippen LogP contribution is 2.29. The zero-order valence-electron chi connectivity index (χ0n) is 18.5. The van der Waals surface area contributed by atoms with E-state index in [2.05, 4.69) is 32.2 Å². The molecule has 3 aromatic heterocycles. The van der Waals surface area contributed by atoms with Crippen LogP contribution in [0.3, 0.4) is 0 Å². The Balaban J connectivity index is 1.61. The van der Waals surface area contributed by atoms with Crippen molar-refractivity contribution in [3.63, 3.8) is 0 Å². The summed E-state index contributed by atoms with van der Waals surface area (Å²) in [6.07, 6.45) is 2.43. The second-order valence-corrected chi connectivity index (χ2v) is 8.22. The fourth-order valence-electron chi connectivity index (χ4n) is 4.40. The van der Waals surface area contributed by atoms with Gasteiger partial charge in [0.2, 0.25) is 0 Å². The summed E-state index contributed by atoms with van der Waals surface area (Å²) in [4.78, 5) is 8.35. The summed E-state index contributed by atoms with van der Waals surface area (Å²) in [6.45, 7) is 3.03. The molecule has 5 rings (SSSR count). The van der Waals surface area contributed by atoms with Gasteiger partial charge in [0.25, 0.3) is 0 Å². The average molecular weight is 451 g/mol. The first-order valence-corrected chi connectivity index (χ1v) is 10.6. The van der Waals surface area contributed by atoms with Gasteiger partial charge in [-0.15, -0.1) is 0 Å². The topological polar surface area (TPSA) is 95.8 Å². The first-order valence-electron chi connectivity index (χ1n) is 10.6. The van der Waals surface area contributed by atoms with E-state index in [0.717, 1.165) is 11.9 Å². The van der Waals surface area contributed by atoms with Crippen molar-refractivity contribution in [2.24, 2.45) is 7.05 Å². The van der Waals surface area contributed by atoms with Crippen molar-refractivity contribution in [2.75, 3.05) is 26.0 Å². The van der Waals surface area contributed by atoms with Gasteiger partial charge in [-0.1, -0.05) is 5.92 Å². The number of halogens is 2. The van der Waals surface area contributed by atoms with Crippen LogP contribution in [0.1, 0.15) is 29.5 Å². The standard InChI is InChI=1S/C23H23F2N7O/c1-12-29-22-19(31(12)2)9-16(24)15(21(22)25)4-5-17-20-18(6-7-27-23(20)26)32(30-17)14-8-13(11-33-3)28-10-14/h6-7,9,13-14,28H,8,10-11H2,1-3H3,(H2,26,27)/t13-,14+/m1/s1. The second-order valence-electron chi connectivity index (χ2n) is 8.22. The molecule has 0 radical (unpaired) electrons. The number of fused-ring (bicyclic) bond motifs is 2. The predicted molar refractivity (Wildman–Crippen MR) is 121 cm³/mol. The monoisotopic (exact) mass is 451 g/mol. The third kappa shape index (κ3) is 3.50. The third-order valence-electron chi connectivity index (χ3n) is 6.16. The van der Waals surface area contributed by atoms with Gasteiger partial charge in [-0.3, -0.25) is 4.68 Å². The van der Waals surface area contributed by atoms with Crippen LogP contribution in [0, 0.1) is 30.4 Å². The number of nitrogens with two attached hydrogens (primary N) is 1. The number of nitrogens with zero attached hydrogens (tertiary/aromatic N) is 5. The van der Waals surface area contributed by atoms with Crippen molar-refractivity contribution >= 4 is 27.8 Å². The molecule has 0 unspecified atom stereocenters. The van der Waals surface area contributed by atoms with Gasteiger partial charge in [0.05, 0.1) is 34.6 Å².